The molecule has 6 heteroatoms. The second-order valence-electron chi connectivity index (χ2n) is 9.59. The third-order valence-corrected chi connectivity index (χ3v) is 7.20. The number of benzene rings is 1. The normalized spacial score (nSPS) is 27.1. The second-order valence-corrected chi connectivity index (χ2v) is 9.59. The summed E-state index contributed by atoms with van der Waals surface area (Å²) in [7, 11) is 0. The van der Waals surface area contributed by atoms with Crippen molar-refractivity contribution >= 4 is 11.9 Å². The number of ether oxygens (including phenoxy) is 1. The lowest BCUT2D eigenvalue weighted by Gasteiger charge is -2.45. The van der Waals surface area contributed by atoms with E-state index in [4.69, 9.17) is 4.74 Å². The van der Waals surface area contributed by atoms with Crippen LogP contribution in [-0.2, 0) is 9.53 Å². The Morgan fingerprint density at radius 1 is 1.19 bits per heavy atom. The quantitative estimate of drug-likeness (QED) is 0.379. The molecule has 1 aliphatic carbocycles. The zero-order valence-electron chi connectivity index (χ0n) is 19.6. The van der Waals surface area contributed by atoms with Crippen molar-refractivity contribution in [3.63, 3.8) is 0 Å². The summed E-state index contributed by atoms with van der Waals surface area (Å²) in [4.78, 5) is 39.7. The topological polar surface area (TPSA) is 76.0 Å². The van der Waals surface area contributed by atoms with Crippen molar-refractivity contribution in [1.29, 1.82) is 0 Å². The monoisotopic (exact) mass is 438 g/mol. The van der Waals surface area contributed by atoms with Crippen LogP contribution >= 0.6 is 0 Å². The smallest absolute Gasteiger partial charge is 0.328 e. The van der Waals surface area contributed by atoms with Crippen LogP contribution in [0.5, 0.6) is 0 Å². The summed E-state index contributed by atoms with van der Waals surface area (Å²) < 4.78 is 5.21. The van der Waals surface area contributed by atoms with Gasteiger partial charge >= 0.3 is 5.97 Å². The molecule has 1 heterocycles. The number of piperidine rings is 1. The van der Waals surface area contributed by atoms with Gasteiger partial charge in [-0.15, -0.1) is 4.91 Å². The maximum Gasteiger partial charge on any atom is 0.328 e. The molecular weight excluding hydrogens is 404 g/mol. The van der Waals surface area contributed by atoms with Crippen LogP contribution in [0.2, 0.25) is 0 Å². The minimum absolute atomic E-state index is 0.0365. The summed E-state index contributed by atoms with van der Waals surface area (Å²) >= 11 is 0. The summed E-state index contributed by atoms with van der Waals surface area (Å²) in [6.07, 6.45) is 5.16. The van der Waals surface area contributed by atoms with E-state index in [1.165, 1.54) is 0 Å². The number of hydrogen-bond acceptors (Lipinski definition) is 5. The number of hydrogen-bond donors (Lipinski definition) is 0. The van der Waals surface area contributed by atoms with E-state index in [9.17, 15) is 14.5 Å². The molecule has 2 fully saturated rings. The van der Waals surface area contributed by atoms with E-state index in [0.29, 0.717) is 24.1 Å². The fourth-order valence-electron chi connectivity index (χ4n) is 5.20. The Morgan fingerprint density at radius 2 is 1.94 bits per heavy atom. The molecule has 1 amide bonds. The largest absolute Gasteiger partial charge is 0.464 e. The number of nitrogens with zero attached hydrogens (tertiary/aromatic N) is 2. The van der Waals surface area contributed by atoms with Gasteiger partial charge in [0.1, 0.15) is 6.04 Å². The van der Waals surface area contributed by atoms with Gasteiger partial charge in [-0.05, 0) is 62.3 Å². The van der Waals surface area contributed by atoms with Crippen molar-refractivity contribution in [1.82, 2.24) is 4.90 Å². The first kappa shape index (κ1) is 24.0. The molecular formula is C26H34N2O4. The van der Waals surface area contributed by atoms with Crippen LogP contribution in [0.15, 0.2) is 29.4 Å². The van der Waals surface area contributed by atoms with Crippen molar-refractivity contribution in [2.45, 2.75) is 77.8 Å². The Bertz CT molecular complexity index is 929. The molecule has 3 atom stereocenters. The summed E-state index contributed by atoms with van der Waals surface area (Å²) in [5, 5.41) is 3.57. The molecule has 3 unspecified atom stereocenters. The fraction of sp³-hybridized carbons (Fsp3) is 0.615. The Labute approximate surface area is 191 Å². The number of carbonyl (C=O) groups is 2. The lowest BCUT2D eigenvalue weighted by Crippen LogP contribution is -2.50. The highest BCUT2D eigenvalue weighted by molar-refractivity contribution is 5.99. The summed E-state index contributed by atoms with van der Waals surface area (Å²) in [6, 6.07) is 6.58. The molecule has 1 saturated carbocycles. The van der Waals surface area contributed by atoms with Crippen LogP contribution < -0.4 is 0 Å². The molecule has 172 valence electrons. The number of likely N-dealkylation sites (tertiary alicyclic amines) is 1. The van der Waals surface area contributed by atoms with E-state index in [2.05, 4.69) is 17.0 Å². The predicted molar refractivity (Wildman–Crippen MR) is 124 cm³/mol. The van der Waals surface area contributed by atoms with Crippen molar-refractivity contribution in [2.24, 2.45) is 16.5 Å². The average Bonchev–Trinajstić information content (AvgIpc) is 2.79. The highest BCUT2D eigenvalue weighted by Gasteiger charge is 2.52. The summed E-state index contributed by atoms with van der Waals surface area (Å²) in [5.41, 5.74) is -0.346. The summed E-state index contributed by atoms with van der Waals surface area (Å²) in [5.74, 6) is 5.80. The van der Waals surface area contributed by atoms with Crippen LogP contribution in [0.25, 0.3) is 0 Å². The number of rotatable bonds is 4. The third kappa shape index (κ3) is 4.44. The highest BCUT2D eigenvalue weighted by atomic mass is 16.5. The van der Waals surface area contributed by atoms with E-state index < -0.39 is 11.6 Å². The molecule has 0 N–H and O–H groups in total. The maximum absolute atomic E-state index is 13.5. The lowest BCUT2D eigenvalue weighted by molar-refractivity contribution is -0.149. The van der Waals surface area contributed by atoms with Crippen LogP contribution in [0.1, 0.15) is 82.1 Å². The van der Waals surface area contributed by atoms with E-state index >= 15 is 0 Å². The van der Waals surface area contributed by atoms with Gasteiger partial charge in [-0.25, -0.2) is 4.79 Å². The Kier molecular flexibility index (Phi) is 7.38. The molecule has 0 aromatic heterocycles. The number of nitroso groups, excluding NO2 is 1. The van der Waals surface area contributed by atoms with E-state index in [0.717, 1.165) is 32.1 Å². The summed E-state index contributed by atoms with van der Waals surface area (Å²) in [6.45, 7) is 8.69. The van der Waals surface area contributed by atoms with Crippen LogP contribution in [-0.4, -0.2) is 41.5 Å². The van der Waals surface area contributed by atoms with Gasteiger partial charge in [0, 0.05) is 17.5 Å². The van der Waals surface area contributed by atoms with Gasteiger partial charge in [-0.3, -0.25) is 4.79 Å². The third-order valence-electron chi connectivity index (χ3n) is 7.20. The molecule has 3 rings (SSSR count). The Hall–Kier alpha value is -2.68. The fourth-order valence-corrected chi connectivity index (χ4v) is 5.20. The van der Waals surface area contributed by atoms with Crippen molar-refractivity contribution in [2.75, 3.05) is 13.2 Å². The van der Waals surface area contributed by atoms with Crippen LogP contribution in [0.3, 0.4) is 0 Å². The first-order valence-electron chi connectivity index (χ1n) is 11.7. The lowest BCUT2D eigenvalue weighted by atomic mass is 9.59. The molecule has 32 heavy (non-hydrogen) atoms. The zero-order valence-corrected chi connectivity index (χ0v) is 19.6. The van der Waals surface area contributed by atoms with Gasteiger partial charge in [0.25, 0.3) is 5.91 Å². The van der Waals surface area contributed by atoms with Gasteiger partial charge in [0.05, 0.1) is 12.2 Å². The SMILES string of the molecule is CCOC(=O)C1CCCCN1C(=O)c1ccccc1C#CC1(N=O)C(C)CCCC1(C)C. The Morgan fingerprint density at radius 3 is 2.62 bits per heavy atom. The van der Waals surface area contributed by atoms with E-state index in [1.807, 2.05) is 26.8 Å². The first-order valence-corrected chi connectivity index (χ1v) is 11.7. The average molecular weight is 439 g/mol. The minimum Gasteiger partial charge on any atom is -0.464 e. The number of esters is 1. The molecule has 0 bridgehead atoms. The molecule has 2 aliphatic rings. The molecule has 1 saturated heterocycles. The van der Waals surface area contributed by atoms with Crippen LogP contribution in [0, 0.1) is 28.1 Å². The minimum atomic E-state index is -1.000. The van der Waals surface area contributed by atoms with Gasteiger partial charge < -0.3 is 9.64 Å². The molecule has 0 spiro atoms. The van der Waals surface area contributed by atoms with Crippen LogP contribution in [0.4, 0.5) is 0 Å². The van der Waals surface area contributed by atoms with Crippen molar-refractivity contribution in [3.8, 4) is 11.8 Å². The Balaban J connectivity index is 1.97. The molecule has 1 aromatic rings. The zero-order chi connectivity index (χ0) is 23.4. The van der Waals surface area contributed by atoms with Gasteiger partial charge in [0.2, 0.25) is 0 Å². The van der Waals surface area contributed by atoms with Gasteiger partial charge in [0.15, 0.2) is 5.54 Å². The predicted octanol–water partition coefficient (Wildman–Crippen LogP) is 4.95. The molecule has 0 radical (unpaired) electrons. The standard InChI is InChI=1S/C26H34N2O4/c1-5-32-24(30)22-14-8-9-18-28(22)23(29)21-13-7-6-12-20(21)15-17-26(27-31)19(2)11-10-16-25(26,3)4/h6-7,12-13,19,22H,5,8-11,14,16,18H2,1-4H3. The van der Waals surface area contributed by atoms with E-state index in [-0.39, 0.29) is 29.8 Å². The van der Waals surface area contributed by atoms with Gasteiger partial charge in [-0.1, -0.05) is 51.2 Å². The van der Waals surface area contributed by atoms with Gasteiger partial charge in [-0.2, -0.15) is 0 Å². The van der Waals surface area contributed by atoms with Crippen molar-refractivity contribution in [3.05, 3.63) is 40.3 Å². The molecule has 1 aromatic carbocycles. The van der Waals surface area contributed by atoms with Crippen molar-refractivity contribution < 1.29 is 14.3 Å². The number of amides is 1. The molecule has 1 aliphatic heterocycles. The first-order chi connectivity index (χ1) is 15.3. The highest BCUT2D eigenvalue weighted by Crippen LogP contribution is 2.49. The number of carbonyl (C=O) groups excluding carboxylic acids is 2. The maximum atomic E-state index is 13.5. The second kappa shape index (κ2) is 9.85. The van der Waals surface area contributed by atoms with E-state index in [1.54, 1.807) is 30.0 Å². The molecule has 6 nitrogen and oxygen atoms in total.